The van der Waals surface area contributed by atoms with E-state index in [1.807, 2.05) is 18.7 Å². The van der Waals surface area contributed by atoms with Crippen molar-refractivity contribution in [3.8, 4) is 16.9 Å². The van der Waals surface area contributed by atoms with Gasteiger partial charge in [0.2, 0.25) is 10.0 Å². The molecule has 8 nitrogen and oxygen atoms in total. The van der Waals surface area contributed by atoms with Crippen LogP contribution < -0.4 is 10.1 Å². The smallest absolute Gasteiger partial charge is 0.254 e. The first-order valence-corrected chi connectivity index (χ1v) is 15.8. The van der Waals surface area contributed by atoms with E-state index < -0.39 is 15.8 Å². The predicted octanol–water partition coefficient (Wildman–Crippen LogP) is 4.69. The van der Waals surface area contributed by atoms with E-state index in [1.54, 1.807) is 25.3 Å². The van der Waals surface area contributed by atoms with Gasteiger partial charge in [-0.3, -0.25) is 4.79 Å². The van der Waals surface area contributed by atoms with Crippen molar-refractivity contribution in [3.05, 3.63) is 47.8 Å². The Bertz CT molecular complexity index is 1260. The molecule has 40 heavy (non-hydrogen) atoms. The highest BCUT2D eigenvalue weighted by atomic mass is 32.2. The van der Waals surface area contributed by atoms with E-state index in [-0.39, 0.29) is 28.4 Å². The molecule has 1 atom stereocenters. The molecular weight excluding hydrogens is 533 g/mol. The van der Waals surface area contributed by atoms with Crippen LogP contribution in [0.5, 0.6) is 5.75 Å². The third-order valence-corrected chi connectivity index (χ3v) is 9.51. The van der Waals surface area contributed by atoms with E-state index in [2.05, 4.69) is 5.32 Å². The maximum Gasteiger partial charge on any atom is 0.254 e. The lowest BCUT2D eigenvalue weighted by Gasteiger charge is -2.37. The Morgan fingerprint density at radius 2 is 1.85 bits per heavy atom. The first kappa shape index (κ1) is 30.4. The van der Waals surface area contributed by atoms with Gasteiger partial charge in [0, 0.05) is 68.5 Å². The second-order valence-corrected chi connectivity index (χ2v) is 12.8. The number of amides is 1. The summed E-state index contributed by atoms with van der Waals surface area (Å²) < 4.78 is 54.7. The maximum atomic E-state index is 15.3. The van der Waals surface area contributed by atoms with E-state index in [0.29, 0.717) is 49.6 Å². The number of methoxy groups -OCH3 is 1. The number of ether oxygens (including phenoxy) is 2. The number of sulfonamides is 1. The van der Waals surface area contributed by atoms with Gasteiger partial charge < -0.3 is 19.7 Å². The number of nitrogens with one attached hydrogen (secondary N) is 1. The zero-order valence-electron chi connectivity index (χ0n) is 23.8. The lowest BCUT2D eigenvalue weighted by atomic mass is 9.99. The van der Waals surface area contributed by atoms with Crippen molar-refractivity contribution in [1.82, 2.24) is 14.5 Å². The quantitative estimate of drug-likeness (QED) is 0.392. The zero-order valence-corrected chi connectivity index (χ0v) is 24.6. The van der Waals surface area contributed by atoms with Crippen molar-refractivity contribution in [2.24, 2.45) is 0 Å². The average molecular weight is 576 g/mol. The molecule has 2 saturated heterocycles. The molecule has 0 bridgehead atoms. The molecule has 1 amide bonds. The van der Waals surface area contributed by atoms with Gasteiger partial charge in [-0.1, -0.05) is 6.42 Å². The Morgan fingerprint density at radius 1 is 1.07 bits per heavy atom. The molecule has 2 aromatic carbocycles. The summed E-state index contributed by atoms with van der Waals surface area (Å²) in [5.74, 6) is -0.340. The minimum atomic E-state index is -3.76. The number of benzene rings is 2. The molecule has 2 aromatic rings. The van der Waals surface area contributed by atoms with Gasteiger partial charge in [-0.15, -0.1) is 0 Å². The van der Waals surface area contributed by atoms with Crippen molar-refractivity contribution in [3.63, 3.8) is 0 Å². The summed E-state index contributed by atoms with van der Waals surface area (Å²) in [6, 6.07) is 8.96. The van der Waals surface area contributed by atoms with Crippen molar-refractivity contribution >= 4 is 15.9 Å². The zero-order chi connectivity index (χ0) is 28.7. The number of halogens is 1. The molecule has 2 aliphatic heterocycles. The molecule has 0 radical (unpaired) electrons. The minimum absolute atomic E-state index is 0.00253. The lowest BCUT2D eigenvalue weighted by molar-refractivity contribution is 0.0573. The van der Waals surface area contributed by atoms with Gasteiger partial charge in [-0.05, 0) is 82.5 Å². The summed E-state index contributed by atoms with van der Waals surface area (Å²) in [5, 5.41) is 3.38. The number of carbonyl (C=O) groups excluding carboxylic acids is 1. The topological polar surface area (TPSA) is 88.2 Å². The summed E-state index contributed by atoms with van der Waals surface area (Å²) in [5.41, 5.74) is 0.968. The summed E-state index contributed by atoms with van der Waals surface area (Å²) in [4.78, 5) is 15.7. The summed E-state index contributed by atoms with van der Waals surface area (Å²) in [6.45, 7) is 7.41. The number of hydrogen-bond donors (Lipinski definition) is 1. The van der Waals surface area contributed by atoms with Gasteiger partial charge in [0.1, 0.15) is 11.6 Å². The largest absolute Gasteiger partial charge is 0.493 e. The molecular formula is C30H42FN3O5S. The molecule has 0 aliphatic carbocycles. The van der Waals surface area contributed by atoms with Crippen LogP contribution in [0.25, 0.3) is 11.1 Å². The van der Waals surface area contributed by atoms with Gasteiger partial charge in [0.15, 0.2) is 0 Å². The first-order chi connectivity index (χ1) is 19.2. The van der Waals surface area contributed by atoms with E-state index in [9.17, 15) is 13.2 Å². The van der Waals surface area contributed by atoms with E-state index in [0.717, 1.165) is 45.2 Å². The van der Waals surface area contributed by atoms with Crippen molar-refractivity contribution in [1.29, 1.82) is 0 Å². The third kappa shape index (κ3) is 7.02. The van der Waals surface area contributed by atoms with Gasteiger partial charge in [0.25, 0.3) is 5.91 Å². The summed E-state index contributed by atoms with van der Waals surface area (Å²) in [7, 11) is -2.15. The van der Waals surface area contributed by atoms with Gasteiger partial charge in [-0.2, -0.15) is 4.31 Å². The maximum absolute atomic E-state index is 15.3. The monoisotopic (exact) mass is 575 g/mol. The van der Waals surface area contributed by atoms with Crippen molar-refractivity contribution in [2.75, 3.05) is 46.5 Å². The Morgan fingerprint density at radius 3 is 2.52 bits per heavy atom. The van der Waals surface area contributed by atoms with Crippen LogP contribution in [0.4, 0.5) is 4.39 Å². The Balaban J connectivity index is 1.71. The SMILES string of the molecule is COCCCOc1cc(C(=O)N(C(C)C)C2CCCNC2)ccc1-c1cc(S(=O)(=O)N2CCCCC2)ccc1F. The predicted molar refractivity (Wildman–Crippen MR) is 154 cm³/mol. The third-order valence-electron chi connectivity index (χ3n) is 7.61. The molecule has 2 aliphatic rings. The highest BCUT2D eigenvalue weighted by molar-refractivity contribution is 7.89. The van der Waals surface area contributed by atoms with E-state index in [1.165, 1.54) is 22.5 Å². The van der Waals surface area contributed by atoms with Crippen LogP contribution in [0.2, 0.25) is 0 Å². The Hall–Kier alpha value is -2.53. The van der Waals surface area contributed by atoms with Crippen molar-refractivity contribution in [2.45, 2.75) is 69.4 Å². The average Bonchev–Trinajstić information content (AvgIpc) is 2.96. The van der Waals surface area contributed by atoms with Crippen LogP contribution in [-0.2, 0) is 14.8 Å². The minimum Gasteiger partial charge on any atom is -0.493 e. The number of nitrogens with zero attached hydrogens (tertiary/aromatic N) is 2. The fourth-order valence-electron chi connectivity index (χ4n) is 5.55. The first-order valence-electron chi connectivity index (χ1n) is 14.3. The molecule has 10 heteroatoms. The highest BCUT2D eigenvalue weighted by Crippen LogP contribution is 2.36. The van der Waals surface area contributed by atoms with Crippen LogP contribution in [0.15, 0.2) is 41.3 Å². The highest BCUT2D eigenvalue weighted by Gasteiger charge is 2.30. The Labute approximate surface area is 237 Å². The Kier molecular flexibility index (Phi) is 10.6. The number of piperidine rings is 2. The molecule has 0 spiro atoms. The van der Waals surface area contributed by atoms with Crippen LogP contribution in [0.1, 0.15) is 62.7 Å². The fraction of sp³-hybridized carbons (Fsp3) is 0.567. The van der Waals surface area contributed by atoms with Crippen LogP contribution in [0, 0.1) is 5.82 Å². The fourth-order valence-corrected chi connectivity index (χ4v) is 7.09. The second-order valence-electron chi connectivity index (χ2n) is 10.8. The molecule has 220 valence electrons. The molecule has 0 saturated carbocycles. The summed E-state index contributed by atoms with van der Waals surface area (Å²) >= 11 is 0. The normalized spacial score (nSPS) is 18.6. The van der Waals surface area contributed by atoms with E-state index >= 15 is 4.39 Å². The molecule has 2 heterocycles. The standard InChI is InChI=1S/C30H42FN3O5S/c1-22(2)34(24-9-7-14-32-21-24)30(35)23-10-12-26(29(19-23)39-18-8-17-38-3)27-20-25(11-13-28(27)31)40(36,37)33-15-5-4-6-16-33/h10-13,19-20,22,24,32H,4-9,14-18,21H2,1-3H3. The van der Waals surface area contributed by atoms with Gasteiger partial charge >= 0.3 is 0 Å². The van der Waals surface area contributed by atoms with Crippen LogP contribution >= 0.6 is 0 Å². The van der Waals surface area contributed by atoms with Crippen LogP contribution in [0.3, 0.4) is 0 Å². The van der Waals surface area contributed by atoms with E-state index in [4.69, 9.17) is 9.47 Å². The molecule has 2 fully saturated rings. The summed E-state index contributed by atoms with van der Waals surface area (Å²) in [6.07, 6.45) is 5.16. The van der Waals surface area contributed by atoms with Crippen LogP contribution in [-0.4, -0.2) is 82.1 Å². The molecule has 1 unspecified atom stereocenters. The number of hydrogen-bond acceptors (Lipinski definition) is 6. The van der Waals surface area contributed by atoms with Gasteiger partial charge in [0.05, 0.1) is 11.5 Å². The number of carbonyl (C=O) groups is 1. The molecule has 4 rings (SSSR count). The van der Waals surface area contributed by atoms with Gasteiger partial charge in [-0.25, -0.2) is 12.8 Å². The van der Waals surface area contributed by atoms with Crippen molar-refractivity contribution < 1.29 is 27.1 Å². The molecule has 0 aromatic heterocycles. The second kappa shape index (κ2) is 13.9. The lowest BCUT2D eigenvalue weighted by Crippen LogP contribution is -2.51. The number of rotatable bonds is 11. The molecule has 1 N–H and O–H groups in total.